The van der Waals surface area contributed by atoms with Gasteiger partial charge in [0.1, 0.15) is 0 Å². The van der Waals surface area contributed by atoms with Crippen molar-refractivity contribution < 1.29 is 19.1 Å². The Bertz CT molecular complexity index is 1030. The third kappa shape index (κ3) is 5.03. The Morgan fingerprint density at radius 3 is 2.50 bits per heavy atom. The topological polar surface area (TPSA) is 126 Å². The van der Waals surface area contributed by atoms with E-state index in [0.29, 0.717) is 12.0 Å². The van der Waals surface area contributed by atoms with Gasteiger partial charge in [-0.3, -0.25) is 9.59 Å². The average molecular weight is 408 g/mol. The summed E-state index contributed by atoms with van der Waals surface area (Å²) in [5.41, 5.74) is 8.49. The number of ether oxygens (including phenoxy) is 1. The third-order valence-corrected chi connectivity index (χ3v) is 4.75. The van der Waals surface area contributed by atoms with Crippen molar-refractivity contribution in [2.24, 2.45) is 5.73 Å². The van der Waals surface area contributed by atoms with E-state index >= 15 is 0 Å². The molecule has 3 aromatic rings. The van der Waals surface area contributed by atoms with Gasteiger partial charge in [-0.05, 0) is 23.6 Å². The minimum absolute atomic E-state index is 0.305. The van der Waals surface area contributed by atoms with Crippen molar-refractivity contribution in [1.29, 1.82) is 0 Å². The molecule has 8 nitrogen and oxygen atoms in total. The number of H-pyrrole nitrogens is 1. The normalized spacial score (nSPS) is 12.7. The van der Waals surface area contributed by atoms with Gasteiger partial charge in [0.2, 0.25) is 11.8 Å². The summed E-state index contributed by atoms with van der Waals surface area (Å²) in [6.07, 6.45) is 2.15. The Morgan fingerprint density at radius 2 is 1.77 bits per heavy atom. The zero-order valence-corrected chi connectivity index (χ0v) is 16.6. The van der Waals surface area contributed by atoms with E-state index in [2.05, 4.69) is 15.6 Å². The van der Waals surface area contributed by atoms with Crippen LogP contribution in [0.4, 0.5) is 0 Å². The second kappa shape index (κ2) is 9.71. The zero-order valence-electron chi connectivity index (χ0n) is 16.6. The summed E-state index contributed by atoms with van der Waals surface area (Å²) in [5, 5.41) is 6.09. The number of benzene rings is 2. The largest absolute Gasteiger partial charge is 0.467 e. The molecule has 1 heterocycles. The molecule has 0 saturated heterocycles. The lowest BCUT2D eigenvalue weighted by molar-refractivity contribution is -0.145. The highest BCUT2D eigenvalue weighted by Gasteiger charge is 2.24. The predicted octanol–water partition coefficient (Wildman–Crippen LogP) is 1.18. The number of carbonyl (C=O) groups is 3. The highest BCUT2D eigenvalue weighted by molar-refractivity contribution is 5.91. The van der Waals surface area contributed by atoms with Gasteiger partial charge >= 0.3 is 5.97 Å². The Labute approximate surface area is 173 Å². The van der Waals surface area contributed by atoms with Gasteiger partial charge in [0, 0.05) is 17.1 Å². The van der Waals surface area contributed by atoms with Gasteiger partial charge in [0.15, 0.2) is 6.04 Å². The molecule has 2 atom stereocenters. The fourth-order valence-electron chi connectivity index (χ4n) is 3.18. The number of methoxy groups -OCH3 is 1. The molecule has 0 bridgehead atoms. The fourth-order valence-corrected chi connectivity index (χ4v) is 3.18. The van der Waals surface area contributed by atoms with Crippen molar-refractivity contribution in [1.82, 2.24) is 15.6 Å². The van der Waals surface area contributed by atoms with Gasteiger partial charge < -0.3 is 26.1 Å². The number of para-hydroxylation sites is 1. The lowest BCUT2D eigenvalue weighted by Crippen LogP contribution is -2.47. The SMILES string of the molecule is COC(=O)[C@H](NC(=O)CNC(=O)[C@@H](N)Cc1c[nH]c2ccccc12)c1ccccc1. The number of hydrogen-bond acceptors (Lipinski definition) is 5. The molecule has 5 N–H and O–H groups in total. The van der Waals surface area contributed by atoms with E-state index < -0.39 is 29.9 Å². The van der Waals surface area contributed by atoms with Gasteiger partial charge in [-0.2, -0.15) is 0 Å². The molecule has 156 valence electrons. The number of carbonyl (C=O) groups excluding carboxylic acids is 3. The standard InChI is InChI=1S/C22H24N4O4/c1-30-22(29)20(14-7-3-2-4-8-14)26-19(27)13-25-21(28)17(23)11-15-12-24-18-10-6-5-9-16(15)18/h2-10,12,17,20,24H,11,13,23H2,1H3,(H,25,28)(H,26,27)/t17-,20+/m0/s1. The van der Waals surface area contributed by atoms with Crippen LogP contribution in [0, 0.1) is 0 Å². The molecule has 0 spiro atoms. The van der Waals surface area contributed by atoms with Crippen LogP contribution in [0.5, 0.6) is 0 Å². The quantitative estimate of drug-likeness (QED) is 0.417. The number of amides is 2. The highest BCUT2D eigenvalue weighted by atomic mass is 16.5. The number of hydrogen-bond donors (Lipinski definition) is 4. The number of nitrogens with two attached hydrogens (primary N) is 1. The molecule has 0 aliphatic carbocycles. The first-order valence-electron chi connectivity index (χ1n) is 9.50. The van der Waals surface area contributed by atoms with E-state index in [9.17, 15) is 14.4 Å². The molecule has 0 aliphatic heterocycles. The first-order valence-corrected chi connectivity index (χ1v) is 9.50. The van der Waals surface area contributed by atoms with Crippen molar-refractivity contribution in [3.8, 4) is 0 Å². The summed E-state index contributed by atoms with van der Waals surface area (Å²) in [4.78, 5) is 39.8. The summed E-state index contributed by atoms with van der Waals surface area (Å²) in [6.45, 7) is -0.305. The zero-order chi connectivity index (χ0) is 21.5. The molecule has 0 unspecified atom stereocenters. The van der Waals surface area contributed by atoms with E-state index in [-0.39, 0.29) is 6.54 Å². The van der Waals surface area contributed by atoms with Gasteiger partial charge in [-0.15, -0.1) is 0 Å². The van der Waals surface area contributed by atoms with Crippen LogP contribution in [-0.4, -0.2) is 42.5 Å². The average Bonchev–Trinajstić information content (AvgIpc) is 3.18. The van der Waals surface area contributed by atoms with Crippen molar-refractivity contribution in [3.63, 3.8) is 0 Å². The summed E-state index contributed by atoms with van der Waals surface area (Å²) < 4.78 is 4.76. The second-order valence-electron chi connectivity index (χ2n) is 6.82. The molecular formula is C22H24N4O4. The fraction of sp³-hybridized carbons (Fsp3) is 0.227. The summed E-state index contributed by atoms with van der Waals surface area (Å²) in [7, 11) is 1.25. The van der Waals surface area contributed by atoms with Gasteiger partial charge in [-0.1, -0.05) is 48.5 Å². The van der Waals surface area contributed by atoms with Gasteiger partial charge in [0.05, 0.1) is 19.7 Å². The number of aromatic nitrogens is 1. The molecule has 2 amide bonds. The molecule has 0 fully saturated rings. The lowest BCUT2D eigenvalue weighted by atomic mass is 10.1. The first kappa shape index (κ1) is 21.1. The Hall–Kier alpha value is -3.65. The predicted molar refractivity (Wildman–Crippen MR) is 112 cm³/mol. The maximum Gasteiger partial charge on any atom is 0.333 e. The highest BCUT2D eigenvalue weighted by Crippen LogP contribution is 2.18. The number of aromatic amines is 1. The van der Waals surface area contributed by atoms with Crippen molar-refractivity contribution in [2.45, 2.75) is 18.5 Å². The Morgan fingerprint density at radius 1 is 1.07 bits per heavy atom. The van der Waals surface area contributed by atoms with Crippen LogP contribution in [0.3, 0.4) is 0 Å². The monoisotopic (exact) mass is 408 g/mol. The maximum absolute atomic E-state index is 12.3. The third-order valence-electron chi connectivity index (χ3n) is 4.75. The van der Waals surface area contributed by atoms with E-state index in [1.165, 1.54) is 7.11 Å². The molecule has 1 aromatic heterocycles. The van der Waals surface area contributed by atoms with Crippen LogP contribution >= 0.6 is 0 Å². The van der Waals surface area contributed by atoms with E-state index in [1.807, 2.05) is 30.5 Å². The second-order valence-corrected chi connectivity index (χ2v) is 6.82. The van der Waals surface area contributed by atoms with Crippen molar-refractivity contribution in [3.05, 3.63) is 71.9 Å². The van der Waals surface area contributed by atoms with Crippen LogP contribution < -0.4 is 16.4 Å². The Kier molecular flexibility index (Phi) is 6.82. The Balaban J connectivity index is 1.55. The van der Waals surface area contributed by atoms with E-state index in [0.717, 1.165) is 16.5 Å². The van der Waals surface area contributed by atoms with Gasteiger partial charge in [-0.25, -0.2) is 4.79 Å². The molecule has 8 heteroatoms. The summed E-state index contributed by atoms with van der Waals surface area (Å²) in [6, 6.07) is 14.7. The molecule has 3 rings (SSSR count). The number of fused-ring (bicyclic) bond motifs is 1. The molecule has 0 radical (unpaired) electrons. The van der Waals surface area contributed by atoms with Crippen LogP contribution in [0.15, 0.2) is 60.8 Å². The number of esters is 1. The minimum atomic E-state index is -0.958. The van der Waals surface area contributed by atoms with Crippen LogP contribution in [0.25, 0.3) is 10.9 Å². The number of nitrogens with one attached hydrogen (secondary N) is 3. The van der Waals surface area contributed by atoms with E-state index in [1.54, 1.807) is 30.3 Å². The van der Waals surface area contributed by atoms with Crippen molar-refractivity contribution >= 4 is 28.7 Å². The summed E-state index contributed by atoms with van der Waals surface area (Å²) >= 11 is 0. The smallest absolute Gasteiger partial charge is 0.333 e. The van der Waals surface area contributed by atoms with Gasteiger partial charge in [0.25, 0.3) is 0 Å². The maximum atomic E-state index is 12.3. The van der Waals surface area contributed by atoms with Crippen molar-refractivity contribution in [2.75, 3.05) is 13.7 Å². The van der Waals surface area contributed by atoms with Crippen LogP contribution in [-0.2, 0) is 25.5 Å². The molecular weight excluding hydrogens is 384 g/mol. The van der Waals surface area contributed by atoms with Crippen LogP contribution in [0.1, 0.15) is 17.2 Å². The number of rotatable bonds is 8. The molecule has 0 saturated carbocycles. The lowest BCUT2D eigenvalue weighted by Gasteiger charge is -2.17. The molecule has 2 aromatic carbocycles. The minimum Gasteiger partial charge on any atom is -0.467 e. The molecule has 0 aliphatic rings. The van der Waals surface area contributed by atoms with E-state index in [4.69, 9.17) is 10.5 Å². The summed E-state index contributed by atoms with van der Waals surface area (Å²) in [5.74, 6) is -1.58. The van der Waals surface area contributed by atoms with Crippen LogP contribution in [0.2, 0.25) is 0 Å². The first-order chi connectivity index (χ1) is 14.5. The molecule has 30 heavy (non-hydrogen) atoms.